The van der Waals surface area contributed by atoms with Gasteiger partial charge in [0.25, 0.3) is 5.69 Å². The highest BCUT2D eigenvalue weighted by molar-refractivity contribution is 7.09. The molecule has 1 aromatic heterocycles. The Labute approximate surface area is 113 Å². The van der Waals surface area contributed by atoms with Crippen LogP contribution in [0.4, 0.5) is 11.4 Å². The normalized spacial score (nSPS) is 10.6. The number of hydrogen-bond acceptors (Lipinski definition) is 5. The zero-order valence-corrected chi connectivity index (χ0v) is 11.4. The Kier molecular flexibility index (Phi) is 3.39. The first-order valence-electron chi connectivity index (χ1n) is 5.59. The second kappa shape index (κ2) is 4.85. The van der Waals surface area contributed by atoms with Crippen LogP contribution in [-0.2, 0) is 6.54 Å². The Morgan fingerprint density at radius 2 is 2.11 bits per heavy atom. The van der Waals surface area contributed by atoms with Gasteiger partial charge < -0.3 is 5.73 Å². The average Bonchev–Trinajstić information content (AvgIpc) is 2.58. The Hall–Kier alpha value is -2.15. The fourth-order valence-corrected chi connectivity index (χ4v) is 2.61. The number of hydrogen-bond donors (Lipinski definition) is 1. The van der Waals surface area contributed by atoms with Gasteiger partial charge in [0, 0.05) is 34.0 Å². The highest BCUT2D eigenvalue weighted by Crippen LogP contribution is 2.21. The van der Waals surface area contributed by atoms with Crippen molar-refractivity contribution in [2.75, 3.05) is 5.73 Å². The van der Waals surface area contributed by atoms with Gasteiger partial charge in [-0.2, -0.15) is 0 Å². The van der Waals surface area contributed by atoms with Crippen LogP contribution in [0, 0.1) is 24.0 Å². The van der Waals surface area contributed by atoms with Crippen LogP contribution in [0.25, 0.3) is 0 Å². The summed E-state index contributed by atoms with van der Waals surface area (Å²) in [6.07, 6.45) is 0. The summed E-state index contributed by atoms with van der Waals surface area (Å²) in [5.41, 5.74) is 7.67. The number of nitrogens with two attached hydrogens (primary N) is 1. The molecular formula is C12H13N3O3S. The first kappa shape index (κ1) is 13.3. The predicted molar refractivity (Wildman–Crippen MR) is 74.7 cm³/mol. The predicted octanol–water partition coefficient (Wildman–Crippen LogP) is 2.07. The third kappa shape index (κ3) is 2.50. The standard InChI is InChI=1S/C12H13N3O3S/c1-7-8(2)19-12(16)14(7)6-9-5-10(15(17)18)3-4-11(9)13/h3-5H,6,13H2,1-2H3. The molecule has 0 saturated heterocycles. The molecule has 2 aromatic rings. The van der Waals surface area contributed by atoms with Gasteiger partial charge in [0.2, 0.25) is 0 Å². The molecule has 7 heteroatoms. The fourth-order valence-electron chi connectivity index (χ4n) is 1.78. The lowest BCUT2D eigenvalue weighted by molar-refractivity contribution is -0.384. The number of rotatable bonds is 3. The smallest absolute Gasteiger partial charge is 0.307 e. The van der Waals surface area contributed by atoms with E-state index in [0.717, 1.165) is 21.9 Å². The minimum absolute atomic E-state index is 0.0261. The van der Waals surface area contributed by atoms with E-state index in [2.05, 4.69) is 0 Å². The highest BCUT2D eigenvalue weighted by atomic mass is 32.1. The van der Waals surface area contributed by atoms with E-state index >= 15 is 0 Å². The summed E-state index contributed by atoms with van der Waals surface area (Å²) in [5, 5.41) is 10.8. The molecule has 2 rings (SSSR count). The lowest BCUT2D eigenvalue weighted by Crippen LogP contribution is -2.16. The Bertz CT molecular complexity index is 703. The van der Waals surface area contributed by atoms with Crippen molar-refractivity contribution >= 4 is 22.7 Å². The molecule has 0 fully saturated rings. The van der Waals surface area contributed by atoms with Gasteiger partial charge in [0.05, 0.1) is 11.5 Å². The van der Waals surface area contributed by atoms with Gasteiger partial charge in [-0.25, -0.2) is 0 Å². The largest absolute Gasteiger partial charge is 0.398 e. The van der Waals surface area contributed by atoms with E-state index in [9.17, 15) is 14.9 Å². The van der Waals surface area contributed by atoms with E-state index in [4.69, 9.17) is 5.73 Å². The van der Waals surface area contributed by atoms with Crippen LogP contribution in [0.1, 0.15) is 16.1 Å². The van der Waals surface area contributed by atoms with E-state index in [1.807, 2.05) is 13.8 Å². The number of nitrogens with zero attached hydrogens (tertiary/aromatic N) is 2. The van der Waals surface area contributed by atoms with E-state index in [1.54, 1.807) is 4.57 Å². The van der Waals surface area contributed by atoms with Gasteiger partial charge in [-0.15, -0.1) is 0 Å². The van der Waals surface area contributed by atoms with Crippen molar-refractivity contribution in [2.45, 2.75) is 20.4 Å². The van der Waals surface area contributed by atoms with Gasteiger partial charge in [-0.1, -0.05) is 11.3 Å². The molecule has 1 heterocycles. The van der Waals surface area contributed by atoms with Crippen molar-refractivity contribution in [3.05, 3.63) is 54.1 Å². The quantitative estimate of drug-likeness (QED) is 0.529. The molecule has 1 aromatic carbocycles. The molecule has 0 unspecified atom stereocenters. The number of nitro benzene ring substituents is 1. The monoisotopic (exact) mass is 279 g/mol. The van der Waals surface area contributed by atoms with Crippen molar-refractivity contribution in [2.24, 2.45) is 0 Å². The molecule has 0 amide bonds. The van der Waals surface area contributed by atoms with E-state index in [1.165, 1.54) is 18.2 Å². The van der Waals surface area contributed by atoms with Crippen molar-refractivity contribution < 1.29 is 4.92 Å². The summed E-state index contributed by atoms with van der Waals surface area (Å²) in [5.74, 6) is 0. The summed E-state index contributed by atoms with van der Waals surface area (Å²) in [7, 11) is 0. The molecule has 0 spiro atoms. The van der Waals surface area contributed by atoms with E-state index in [-0.39, 0.29) is 17.1 Å². The fraction of sp³-hybridized carbons (Fsp3) is 0.250. The lowest BCUT2D eigenvalue weighted by atomic mass is 10.1. The first-order chi connectivity index (χ1) is 8.90. The maximum absolute atomic E-state index is 11.8. The second-order valence-corrected chi connectivity index (χ2v) is 5.40. The molecule has 0 saturated carbocycles. The summed E-state index contributed by atoms with van der Waals surface area (Å²) in [4.78, 5) is 22.9. The van der Waals surface area contributed by atoms with Gasteiger partial charge in [-0.05, 0) is 19.9 Å². The SMILES string of the molecule is Cc1sc(=O)n(Cc2cc([N+](=O)[O-])ccc2N)c1C. The minimum Gasteiger partial charge on any atom is -0.398 e. The van der Waals surface area contributed by atoms with Crippen LogP contribution >= 0.6 is 11.3 Å². The molecule has 0 atom stereocenters. The van der Waals surface area contributed by atoms with E-state index < -0.39 is 4.92 Å². The summed E-state index contributed by atoms with van der Waals surface area (Å²) in [6, 6.07) is 4.26. The topological polar surface area (TPSA) is 91.2 Å². The van der Waals surface area contributed by atoms with Crippen LogP contribution in [-0.4, -0.2) is 9.49 Å². The van der Waals surface area contributed by atoms with Gasteiger partial charge in [0.1, 0.15) is 0 Å². The number of nitro groups is 1. The van der Waals surface area contributed by atoms with Crippen LogP contribution in [0.2, 0.25) is 0 Å². The number of aryl methyl sites for hydroxylation is 1. The van der Waals surface area contributed by atoms with Crippen LogP contribution in [0.5, 0.6) is 0 Å². The molecular weight excluding hydrogens is 266 g/mol. The molecule has 0 radical (unpaired) electrons. The van der Waals surface area contributed by atoms with Crippen LogP contribution in [0.3, 0.4) is 0 Å². The number of non-ortho nitro benzene ring substituents is 1. The molecule has 0 aliphatic carbocycles. The number of benzene rings is 1. The van der Waals surface area contributed by atoms with Crippen LogP contribution < -0.4 is 10.6 Å². The average molecular weight is 279 g/mol. The van der Waals surface area contributed by atoms with Crippen molar-refractivity contribution in [3.63, 3.8) is 0 Å². The van der Waals surface area contributed by atoms with Gasteiger partial charge in [-0.3, -0.25) is 19.5 Å². The zero-order chi connectivity index (χ0) is 14.2. The molecule has 0 aliphatic rings. The third-order valence-electron chi connectivity index (χ3n) is 3.04. The second-order valence-electron chi connectivity index (χ2n) is 4.24. The van der Waals surface area contributed by atoms with Gasteiger partial charge in [0.15, 0.2) is 0 Å². The number of nitrogen functional groups attached to an aromatic ring is 1. The number of aromatic nitrogens is 1. The van der Waals surface area contributed by atoms with Crippen LogP contribution in [0.15, 0.2) is 23.0 Å². The Balaban J connectivity index is 2.46. The van der Waals surface area contributed by atoms with Gasteiger partial charge >= 0.3 is 4.87 Å². The molecule has 100 valence electrons. The van der Waals surface area contributed by atoms with Crippen molar-refractivity contribution in [3.8, 4) is 0 Å². The Morgan fingerprint density at radius 1 is 1.42 bits per heavy atom. The summed E-state index contributed by atoms with van der Waals surface area (Å²) >= 11 is 1.16. The minimum atomic E-state index is -0.475. The lowest BCUT2D eigenvalue weighted by Gasteiger charge is -2.08. The molecule has 0 aliphatic heterocycles. The van der Waals surface area contributed by atoms with E-state index in [0.29, 0.717) is 11.3 Å². The maximum atomic E-state index is 11.8. The first-order valence-corrected chi connectivity index (χ1v) is 6.41. The molecule has 0 bridgehead atoms. The van der Waals surface area contributed by atoms with Crippen molar-refractivity contribution in [1.29, 1.82) is 0 Å². The third-order valence-corrected chi connectivity index (χ3v) is 4.04. The number of thiazole rings is 1. The number of anilines is 1. The zero-order valence-electron chi connectivity index (χ0n) is 10.5. The summed E-state index contributed by atoms with van der Waals surface area (Å²) < 4.78 is 1.58. The highest BCUT2D eigenvalue weighted by Gasteiger charge is 2.13. The van der Waals surface area contributed by atoms with Crippen molar-refractivity contribution in [1.82, 2.24) is 4.57 Å². The molecule has 2 N–H and O–H groups in total. The molecule has 6 nitrogen and oxygen atoms in total. The Morgan fingerprint density at radius 3 is 2.63 bits per heavy atom. The maximum Gasteiger partial charge on any atom is 0.307 e. The summed E-state index contributed by atoms with van der Waals surface area (Å²) in [6.45, 7) is 3.97. The molecule has 19 heavy (non-hydrogen) atoms.